The smallest absolute Gasteiger partial charge is 0.420 e. The highest BCUT2D eigenvalue weighted by Gasteiger charge is 2.40. The SMILES string of the molecule is COc1cc(-c2cn(C)c(=O)c3cnccc23)cc(F)c1CN1CCC(C2CCN(c3ccc4c(N5CCC(=O)NC5=O)n[nH]c4c3C(F)(F)F)CC2)CC1. The first kappa shape index (κ1) is 36.5. The maximum Gasteiger partial charge on any atom is 0.420 e. The lowest BCUT2D eigenvalue weighted by Crippen LogP contribution is -2.49. The number of likely N-dealkylation sites (tertiary alicyclic amines) is 1. The van der Waals surface area contributed by atoms with E-state index in [0.29, 0.717) is 64.7 Å². The highest BCUT2D eigenvalue weighted by molar-refractivity contribution is 6.09. The van der Waals surface area contributed by atoms with Crippen LogP contribution in [0.2, 0.25) is 0 Å². The van der Waals surface area contributed by atoms with Crippen molar-refractivity contribution in [3.63, 3.8) is 0 Å². The molecule has 0 saturated carbocycles. The van der Waals surface area contributed by atoms with E-state index in [1.54, 1.807) is 36.5 Å². The number of ether oxygens (including phenoxy) is 1. The molecule has 2 aromatic carbocycles. The fourth-order valence-corrected chi connectivity index (χ4v) is 8.65. The number of hydrogen-bond donors (Lipinski definition) is 2. The molecular weight excluding hydrogens is 720 g/mol. The minimum atomic E-state index is -4.68. The van der Waals surface area contributed by atoms with Crippen molar-refractivity contribution in [3.8, 4) is 16.9 Å². The lowest BCUT2D eigenvalue weighted by Gasteiger charge is -2.41. The van der Waals surface area contributed by atoms with E-state index in [0.717, 1.165) is 38.8 Å². The van der Waals surface area contributed by atoms with E-state index in [2.05, 4.69) is 25.4 Å². The number of rotatable bonds is 7. The minimum absolute atomic E-state index is 0.0220. The minimum Gasteiger partial charge on any atom is -0.496 e. The number of carbonyl (C=O) groups is 2. The molecule has 288 valence electrons. The van der Waals surface area contributed by atoms with Gasteiger partial charge in [-0.15, -0.1) is 0 Å². The number of aromatic amines is 1. The zero-order valence-electron chi connectivity index (χ0n) is 30.4. The highest BCUT2D eigenvalue weighted by atomic mass is 19.4. The average molecular weight is 761 g/mol. The summed E-state index contributed by atoms with van der Waals surface area (Å²) in [5.41, 5.74) is 0.630. The molecule has 3 aliphatic rings. The third-order valence-electron chi connectivity index (χ3n) is 11.5. The molecule has 3 fully saturated rings. The second-order valence-corrected chi connectivity index (χ2v) is 14.6. The highest BCUT2D eigenvalue weighted by Crippen LogP contribution is 2.45. The molecule has 12 nitrogen and oxygen atoms in total. The number of methoxy groups -OCH3 is 1. The summed E-state index contributed by atoms with van der Waals surface area (Å²) >= 11 is 0. The molecule has 0 unspecified atom stereocenters. The van der Waals surface area contributed by atoms with Gasteiger partial charge in [-0.3, -0.25) is 34.8 Å². The molecular formula is C39H40F4N8O4. The Morgan fingerprint density at radius 1 is 0.927 bits per heavy atom. The van der Waals surface area contributed by atoms with E-state index in [9.17, 15) is 27.6 Å². The van der Waals surface area contributed by atoms with E-state index < -0.39 is 29.5 Å². The van der Waals surface area contributed by atoms with Crippen molar-refractivity contribution in [2.75, 3.05) is 49.6 Å². The van der Waals surface area contributed by atoms with Crippen LogP contribution in [0, 0.1) is 17.7 Å². The molecule has 0 aliphatic carbocycles. The van der Waals surface area contributed by atoms with Crippen LogP contribution in [0.3, 0.4) is 0 Å². The molecule has 3 amide bonds. The molecule has 2 N–H and O–H groups in total. The number of alkyl halides is 3. The zero-order valence-corrected chi connectivity index (χ0v) is 30.4. The number of piperidine rings is 2. The van der Waals surface area contributed by atoms with Gasteiger partial charge in [0.15, 0.2) is 5.82 Å². The van der Waals surface area contributed by atoms with Crippen LogP contribution in [-0.4, -0.2) is 76.4 Å². The van der Waals surface area contributed by atoms with Crippen LogP contribution in [0.25, 0.3) is 32.8 Å². The van der Waals surface area contributed by atoms with E-state index in [4.69, 9.17) is 4.74 Å². The van der Waals surface area contributed by atoms with Crippen molar-refractivity contribution >= 4 is 45.1 Å². The topological polar surface area (TPSA) is 129 Å². The first-order chi connectivity index (χ1) is 26.4. The summed E-state index contributed by atoms with van der Waals surface area (Å²) in [4.78, 5) is 46.0. The first-order valence-electron chi connectivity index (χ1n) is 18.4. The van der Waals surface area contributed by atoms with E-state index >= 15 is 4.39 Å². The molecule has 55 heavy (non-hydrogen) atoms. The Bertz CT molecular complexity index is 2360. The summed E-state index contributed by atoms with van der Waals surface area (Å²) in [6.07, 6.45) is 3.45. The quantitative estimate of drug-likeness (QED) is 0.187. The monoisotopic (exact) mass is 760 g/mol. The number of amides is 3. The lowest BCUT2D eigenvalue weighted by atomic mass is 9.78. The van der Waals surface area contributed by atoms with Crippen LogP contribution in [-0.2, 0) is 24.6 Å². The number of hydrogen-bond acceptors (Lipinski definition) is 8. The van der Waals surface area contributed by atoms with E-state index in [-0.39, 0.29) is 40.9 Å². The van der Waals surface area contributed by atoms with Crippen molar-refractivity contribution in [2.24, 2.45) is 18.9 Å². The number of fused-ring (bicyclic) bond motifs is 2. The average Bonchev–Trinajstić information content (AvgIpc) is 3.60. The maximum atomic E-state index is 15.9. The summed E-state index contributed by atoms with van der Waals surface area (Å²) < 4.78 is 67.0. The Morgan fingerprint density at radius 3 is 2.35 bits per heavy atom. The number of aromatic nitrogens is 4. The number of anilines is 2. The number of halogens is 4. The lowest BCUT2D eigenvalue weighted by molar-refractivity contribution is -0.136. The van der Waals surface area contributed by atoms with Gasteiger partial charge < -0.3 is 14.2 Å². The van der Waals surface area contributed by atoms with Crippen LogP contribution in [0.4, 0.5) is 33.9 Å². The molecule has 3 saturated heterocycles. The number of aryl methyl sites for hydroxylation is 1. The summed E-state index contributed by atoms with van der Waals surface area (Å²) in [5, 5.41) is 10.1. The van der Waals surface area contributed by atoms with Gasteiger partial charge in [0.1, 0.15) is 17.1 Å². The fourth-order valence-electron chi connectivity index (χ4n) is 8.65. The number of benzene rings is 2. The van der Waals surface area contributed by atoms with Crippen molar-refractivity contribution < 1.29 is 31.9 Å². The Hall–Kier alpha value is -5.51. The molecule has 6 heterocycles. The van der Waals surface area contributed by atoms with Gasteiger partial charge in [-0.1, -0.05) is 0 Å². The molecule has 0 radical (unpaired) electrons. The van der Waals surface area contributed by atoms with Crippen LogP contribution >= 0.6 is 0 Å². The van der Waals surface area contributed by atoms with Crippen LogP contribution in [0.1, 0.15) is 43.2 Å². The first-order valence-corrected chi connectivity index (χ1v) is 18.4. The number of pyridine rings is 2. The Morgan fingerprint density at radius 2 is 1.65 bits per heavy atom. The van der Waals surface area contributed by atoms with Gasteiger partial charge in [0.2, 0.25) is 5.91 Å². The normalized spacial score (nSPS) is 18.1. The Labute approximate surface area is 313 Å². The standard InChI is InChI=1S/C39H40F4N8O4/c1-48-20-28(25-5-11-44-19-27(25)37(48)53)24-17-30(40)29(32(18-24)55-2)21-49-12-6-22(7-13-49)23-8-14-50(15-9-23)31-4-3-26-35(34(31)39(41,42)43)46-47-36(26)51-16-10-33(52)45-38(51)54/h3-5,11,17-20,22-23H,6-10,12-16,21H2,1-2H3,(H,46,47)(H,45,52,54). The summed E-state index contributed by atoms with van der Waals surface area (Å²) in [6.45, 7) is 2.84. The van der Waals surface area contributed by atoms with Crippen molar-refractivity contribution in [1.82, 2.24) is 30.0 Å². The van der Waals surface area contributed by atoms with Gasteiger partial charge in [-0.2, -0.15) is 18.3 Å². The Kier molecular flexibility index (Phi) is 9.47. The number of urea groups is 1. The molecule has 5 aromatic rings. The summed E-state index contributed by atoms with van der Waals surface area (Å²) in [7, 11) is 3.17. The number of imide groups is 1. The molecule has 3 aromatic heterocycles. The van der Waals surface area contributed by atoms with Gasteiger partial charge in [-0.25, -0.2) is 9.18 Å². The third kappa shape index (κ3) is 6.76. The zero-order chi connectivity index (χ0) is 38.6. The summed E-state index contributed by atoms with van der Waals surface area (Å²) in [6, 6.07) is 7.34. The second kappa shape index (κ2) is 14.3. The van der Waals surface area contributed by atoms with Gasteiger partial charge >= 0.3 is 12.2 Å². The van der Waals surface area contributed by atoms with Gasteiger partial charge in [-0.05, 0) is 91.9 Å². The fraction of sp³-hybridized carbons (Fsp3) is 0.410. The molecule has 0 bridgehead atoms. The van der Waals surface area contributed by atoms with Crippen molar-refractivity contribution in [3.05, 3.63) is 76.2 Å². The van der Waals surface area contributed by atoms with Crippen LogP contribution < -0.4 is 25.4 Å². The molecule has 8 rings (SSSR count). The molecule has 0 spiro atoms. The van der Waals surface area contributed by atoms with Crippen LogP contribution in [0.5, 0.6) is 5.75 Å². The van der Waals surface area contributed by atoms with Gasteiger partial charge in [0.25, 0.3) is 5.56 Å². The van der Waals surface area contributed by atoms with Crippen molar-refractivity contribution in [1.29, 1.82) is 0 Å². The number of nitrogens with one attached hydrogen (secondary N) is 2. The number of H-pyrrole nitrogens is 1. The predicted molar refractivity (Wildman–Crippen MR) is 198 cm³/mol. The second-order valence-electron chi connectivity index (χ2n) is 14.6. The van der Waals surface area contributed by atoms with E-state index in [1.807, 2.05) is 6.07 Å². The molecule has 3 aliphatic heterocycles. The summed E-state index contributed by atoms with van der Waals surface area (Å²) in [5.74, 6) is 0.399. The van der Waals surface area contributed by atoms with Crippen LogP contribution in [0.15, 0.2) is 53.7 Å². The molecule has 16 heteroatoms. The Balaban J connectivity index is 0.924. The van der Waals surface area contributed by atoms with Gasteiger partial charge in [0.05, 0.1) is 23.7 Å². The molecule has 0 atom stereocenters. The number of nitrogens with zero attached hydrogens (tertiary/aromatic N) is 6. The van der Waals surface area contributed by atoms with E-state index in [1.165, 1.54) is 34.9 Å². The largest absolute Gasteiger partial charge is 0.496 e. The maximum absolute atomic E-state index is 15.9. The number of carbonyl (C=O) groups excluding carboxylic acids is 2. The van der Waals surface area contributed by atoms with Crippen molar-refractivity contribution in [2.45, 2.75) is 44.8 Å². The predicted octanol–water partition coefficient (Wildman–Crippen LogP) is 6.22. The third-order valence-corrected chi connectivity index (χ3v) is 11.5. The van der Waals surface area contributed by atoms with Gasteiger partial charge in [0, 0.05) is 74.8 Å².